The molecule has 0 fully saturated rings. The second-order valence-corrected chi connectivity index (χ2v) is 5.66. The normalized spacial score (nSPS) is 13.5. The SMILES string of the molecule is CCC(C)(C)NC(C)c1ccc(-n2ccnc2)cc1. The zero-order valence-electron chi connectivity index (χ0n) is 12.2. The number of hydrogen-bond acceptors (Lipinski definition) is 2. The number of nitrogens with zero attached hydrogens (tertiary/aromatic N) is 2. The van der Waals surface area contributed by atoms with Crippen LogP contribution in [0.3, 0.4) is 0 Å². The Hall–Kier alpha value is -1.61. The Morgan fingerprint density at radius 3 is 2.47 bits per heavy atom. The molecule has 0 saturated heterocycles. The summed E-state index contributed by atoms with van der Waals surface area (Å²) in [6.07, 6.45) is 6.68. The van der Waals surface area contributed by atoms with Gasteiger partial charge in [0.1, 0.15) is 0 Å². The van der Waals surface area contributed by atoms with Crippen LogP contribution in [0.4, 0.5) is 0 Å². The van der Waals surface area contributed by atoms with Crippen molar-refractivity contribution in [1.29, 1.82) is 0 Å². The van der Waals surface area contributed by atoms with Gasteiger partial charge in [0.05, 0.1) is 6.33 Å². The van der Waals surface area contributed by atoms with Crippen molar-refractivity contribution < 1.29 is 0 Å². The van der Waals surface area contributed by atoms with Gasteiger partial charge in [-0.25, -0.2) is 4.98 Å². The van der Waals surface area contributed by atoms with Gasteiger partial charge in [-0.05, 0) is 44.9 Å². The molecule has 0 aliphatic rings. The molecule has 1 atom stereocenters. The summed E-state index contributed by atoms with van der Waals surface area (Å²) in [5.74, 6) is 0. The van der Waals surface area contributed by atoms with Crippen LogP contribution in [0, 0.1) is 0 Å². The average molecular weight is 257 g/mol. The number of hydrogen-bond donors (Lipinski definition) is 1. The third-order valence-electron chi connectivity index (χ3n) is 3.69. The lowest BCUT2D eigenvalue weighted by molar-refractivity contribution is 0.337. The molecule has 1 unspecified atom stereocenters. The van der Waals surface area contributed by atoms with Crippen LogP contribution in [-0.4, -0.2) is 15.1 Å². The lowest BCUT2D eigenvalue weighted by Gasteiger charge is -2.29. The maximum atomic E-state index is 4.07. The second-order valence-electron chi connectivity index (χ2n) is 5.66. The first-order valence-corrected chi connectivity index (χ1v) is 6.88. The summed E-state index contributed by atoms with van der Waals surface area (Å²) in [7, 11) is 0. The number of nitrogens with one attached hydrogen (secondary N) is 1. The van der Waals surface area contributed by atoms with Crippen LogP contribution in [0.15, 0.2) is 43.0 Å². The van der Waals surface area contributed by atoms with Gasteiger partial charge < -0.3 is 9.88 Å². The van der Waals surface area contributed by atoms with E-state index in [9.17, 15) is 0 Å². The average Bonchev–Trinajstić information content (AvgIpc) is 2.92. The van der Waals surface area contributed by atoms with Crippen molar-refractivity contribution in [3.63, 3.8) is 0 Å². The smallest absolute Gasteiger partial charge is 0.0991 e. The van der Waals surface area contributed by atoms with E-state index in [2.05, 4.69) is 62.3 Å². The molecule has 102 valence electrons. The molecule has 1 heterocycles. The van der Waals surface area contributed by atoms with Crippen molar-refractivity contribution in [2.24, 2.45) is 0 Å². The third kappa shape index (κ3) is 3.44. The highest BCUT2D eigenvalue weighted by Crippen LogP contribution is 2.19. The first-order valence-electron chi connectivity index (χ1n) is 6.88. The second kappa shape index (κ2) is 5.57. The summed E-state index contributed by atoms with van der Waals surface area (Å²) in [4.78, 5) is 4.07. The molecular weight excluding hydrogens is 234 g/mol. The molecule has 0 aliphatic carbocycles. The van der Waals surface area contributed by atoms with E-state index in [-0.39, 0.29) is 5.54 Å². The molecule has 3 heteroatoms. The number of rotatable bonds is 5. The van der Waals surface area contributed by atoms with Gasteiger partial charge >= 0.3 is 0 Å². The van der Waals surface area contributed by atoms with Crippen molar-refractivity contribution in [2.75, 3.05) is 0 Å². The standard InChI is InChI=1S/C16H23N3/c1-5-16(3,4)18-13(2)14-6-8-15(9-7-14)19-11-10-17-12-19/h6-13,18H,5H2,1-4H3. The molecule has 2 aromatic rings. The van der Waals surface area contributed by atoms with E-state index in [1.807, 2.05) is 17.1 Å². The molecule has 1 aromatic carbocycles. The van der Waals surface area contributed by atoms with E-state index in [0.717, 1.165) is 12.1 Å². The number of aromatic nitrogens is 2. The van der Waals surface area contributed by atoms with E-state index in [1.165, 1.54) is 5.56 Å². The zero-order valence-corrected chi connectivity index (χ0v) is 12.2. The molecule has 1 aromatic heterocycles. The quantitative estimate of drug-likeness (QED) is 0.885. The van der Waals surface area contributed by atoms with E-state index in [4.69, 9.17) is 0 Å². The summed E-state index contributed by atoms with van der Waals surface area (Å²) in [6, 6.07) is 8.98. The Bertz CT molecular complexity index is 497. The minimum atomic E-state index is 0.169. The maximum absolute atomic E-state index is 4.07. The van der Waals surface area contributed by atoms with Gasteiger partial charge in [0.2, 0.25) is 0 Å². The van der Waals surface area contributed by atoms with E-state index in [0.29, 0.717) is 6.04 Å². The summed E-state index contributed by atoms with van der Waals surface area (Å²) < 4.78 is 2.01. The van der Waals surface area contributed by atoms with Crippen LogP contribution in [-0.2, 0) is 0 Å². The Balaban J connectivity index is 2.10. The van der Waals surface area contributed by atoms with Gasteiger partial charge in [-0.15, -0.1) is 0 Å². The minimum Gasteiger partial charge on any atom is -0.306 e. The van der Waals surface area contributed by atoms with Crippen LogP contribution in [0.2, 0.25) is 0 Å². The summed E-state index contributed by atoms with van der Waals surface area (Å²) in [6.45, 7) is 8.90. The molecule has 0 bridgehead atoms. The van der Waals surface area contributed by atoms with Gasteiger partial charge in [0.25, 0.3) is 0 Å². The molecule has 0 aliphatic heterocycles. The Morgan fingerprint density at radius 1 is 1.26 bits per heavy atom. The first kappa shape index (κ1) is 13.8. The van der Waals surface area contributed by atoms with Crippen LogP contribution >= 0.6 is 0 Å². The highest BCUT2D eigenvalue weighted by Gasteiger charge is 2.18. The van der Waals surface area contributed by atoms with Gasteiger partial charge in [-0.2, -0.15) is 0 Å². The molecule has 19 heavy (non-hydrogen) atoms. The lowest BCUT2D eigenvalue weighted by atomic mass is 9.98. The largest absolute Gasteiger partial charge is 0.306 e. The summed E-state index contributed by atoms with van der Waals surface area (Å²) in [5.41, 5.74) is 2.62. The fourth-order valence-electron chi connectivity index (χ4n) is 2.12. The van der Waals surface area contributed by atoms with Crippen molar-refractivity contribution in [1.82, 2.24) is 14.9 Å². The zero-order chi connectivity index (χ0) is 13.9. The number of imidazole rings is 1. The summed E-state index contributed by atoms with van der Waals surface area (Å²) >= 11 is 0. The van der Waals surface area contributed by atoms with Crippen LogP contribution in [0.1, 0.15) is 45.7 Å². The highest BCUT2D eigenvalue weighted by molar-refractivity contribution is 5.35. The maximum Gasteiger partial charge on any atom is 0.0991 e. The van der Waals surface area contributed by atoms with Crippen LogP contribution < -0.4 is 5.32 Å². The van der Waals surface area contributed by atoms with Crippen molar-refractivity contribution >= 4 is 0 Å². The molecule has 0 saturated carbocycles. The number of benzene rings is 1. The fraction of sp³-hybridized carbons (Fsp3) is 0.438. The topological polar surface area (TPSA) is 29.9 Å². The molecule has 0 radical (unpaired) electrons. The Kier molecular flexibility index (Phi) is 4.05. The first-order chi connectivity index (χ1) is 9.02. The van der Waals surface area contributed by atoms with Gasteiger partial charge in [0, 0.05) is 29.7 Å². The van der Waals surface area contributed by atoms with Gasteiger partial charge in [-0.3, -0.25) is 0 Å². The van der Waals surface area contributed by atoms with Crippen molar-refractivity contribution in [2.45, 2.75) is 45.7 Å². The predicted molar refractivity (Wildman–Crippen MR) is 79.5 cm³/mol. The molecule has 3 nitrogen and oxygen atoms in total. The van der Waals surface area contributed by atoms with E-state index < -0.39 is 0 Å². The molecule has 0 amide bonds. The summed E-state index contributed by atoms with van der Waals surface area (Å²) in [5, 5.41) is 3.66. The molecule has 2 rings (SSSR count). The Morgan fingerprint density at radius 2 is 1.95 bits per heavy atom. The van der Waals surface area contributed by atoms with Gasteiger partial charge in [0.15, 0.2) is 0 Å². The fourth-order valence-corrected chi connectivity index (χ4v) is 2.12. The van der Waals surface area contributed by atoms with E-state index in [1.54, 1.807) is 6.20 Å². The van der Waals surface area contributed by atoms with Crippen LogP contribution in [0.5, 0.6) is 0 Å². The van der Waals surface area contributed by atoms with Crippen molar-refractivity contribution in [3.8, 4) is 5.69 Å². The Labute approximate surface area is 115 Å². The predicted octanol–water partition coefficient (Wildman–Crippen LogP) is 3.71. The van der Waals surface area contributed by atoms with Crippen molar-refractivity contribution in [3.05, 3.63) is 48.5 Å². The molecule has 1 N–H and O–H groups in total. The monoisotopic (exact) mass is 257 g/mol. The minimum absolute atomic E-state index is 0.169. The lowest BCUT2D eigenvalue weighted by Crippen LogP contribution is -2.40. The van der Waals surface area contributed by atoms with E-state index >= 15 is 0 Å². The molecule has 0 spiro atoms. The highest BCUT2D eigenvalue weighted by atomic mass is 15.0. The van der Waals surface area contributed by atoms with Gasteiger partial charge in [-0.1, -0.05) is 19.1 Å². The molecular formula is C16H23N3. The third-order valence-corrected chi connectivity index (χ3v) is 3.69. The van der Waals surface area contributed by atoms with Crippen LogP contribution in [0.25, 0.3) is 5.69 Å².